The van der Waals surface area contributed by atoms with Crippen molar-refractivity contribution in [3.8, 4) is 11.5 Å². The summed E-state index contributed by atoms with van der Waals surface area (Å²) in [6.45, 7) is 0.278. The molecule has 0 spiro atoms. The summed E-state index contributed by atoms with van der Waals surface area (Å²) in [5.74, 6) is 1.16. The molecule has 26 heavy (non-hydrogen) atoms. The number of nitrogens with zero attached hydrogens (tertiary/aromatic N) is 1. The van der Waals surface area contributed by atoms with Crippen molar-refractivity contribution in [2.75, 3.05) is 21.2 Å². The molecule has 4 nitrogen and oxygen atoms in total. The van der Waals surface area contributed by atoms with E-state index < -0.39 is 0 Å². The Balaban J connectivity index is 1.89. The average molecular weight is 359 g/mol. The molecule has 0 unspecified atom stereocenters. The lowest BCUT2D eigenvalue weighted by molar-refractivity contribution is -0.128. The number of rotatable bonds is 9. The summed E-state index contributed by atoms with van der Waals surface area (Å²) in [6.07, 6.45) is 3.24. The van der Waals surface area contributed by atoms with Crippen molar-refractivity contribution in [1.82, 2.24) is 4.90 Å². The number of amides is 1. The van der Waals surface area contributed by atoms with Crippen LogP contribution in [0.3, 0.4) is 0 Å². The molecular formula is C21H26FNO3. The summed E-state index contributed by atoms with van der Waals surface area (Å²) in [4.78, 5) is 13.2. The fourth-order valence-corrected chi connectivity index (χ4v) is 2.60. The van der Waals surface area contributed by atoms with Crippen LogP contribution in [0.25, 0.3) is 0 Å². The maximum absolute atomic E-state index is 13.2. The SMILES string of the molecule is COc1cc(CCCCC(=O)N(C)C)ccc1OCc1cccc(F)c1. The van der Waals surface area contributed by atoms with Crippen molar-refractivity contribution in [2.24, 2.45) is 0 Å². The van der Waals surface area contributed by atoms with Gasteiger partial charge >= 0.3 is 0 Å². The summed E-state index contributed by atoms with van der Waals surface area (Å²) in [5, 5.41) is 0. The number of hydrogen-bond acceptors (Lipinski definition) is 3. The van der Waals surface area contributed by atoms with Crippen LogP contribution in [0.5, 0.6) is 11.5 Å². The fraction of sp³-hybridized carbons (Fsp3) is 0.381. The molecule has 0 atom stereocenters. The van der Waals surface area contributed by atoms with Crippen LogP contribution in [-0.2, 0) is 17.8 Å². The zero-order valence-corrected chi connectivity index (χ0v) is 15.6. The molecule has 140 valence electrons. The molecule has 2 rings (SSSR count). The van der Waals surface area contributed by atoms with Crippen LogP contribution < -0.4 is 9.47 Å². The van der Waals surface area contributed by atoms with Gasteiger partial charge in [0, 0.05) is 20.5 Å². The molecule has 0 fully saturated rings. The molecule has 0 bridgehead atoms. The summed E-state index contributed by atoms with van der Waals surface area (Å²) in [5.41, 5.74) is 1.90. The maximum Gasteiger partial charge on any atom is 0.222 e. The van der Waals surface area contributed by atoms with E-state index in [-0.39, 0.29) is 18.3 Å². The van der Waals surface area contributed by atoms with Crippen LogP contribution >= 0.6 is 0 Å². The first-order valence-electron chi connectivity index (χ1n) is 8.74. The Hall–Kier alpha value is -2.56. The van der Waals surface area contributed by atoms with Gasteiger partial charge in [0.1, 0.15) is 12.4 Å². The van der Waals surface area contributed by atoms with Gasteiger partial charge in [0.2, 0.25) is 5.91 Å². The van der Waals surface area contributed by atoms with Crippen LogP contribution in [0.1, 0.15) is 30.4 Å². The molecule has 2 aromatic rings. The topological polar surface area (TPSA) is 38.8 Å². The molecule has 0 radical (unpaired) electrons. The highest BCUT2D eigenvalue weighted by atomic mass is 19.1. The minimum Gasteiger partial charge on any atom is -0.493 e. The molecule has 2 aromatic carbocycles. The third-order valence-electron chi connectivity index (χ3n) is 4.12. The lowest BCUT2D eigenvalue weighted by Crippen LogP contribution is -2.21. The lowest BCUT2D eigenvalue weighted by atomic mass is 10.1. The average Bonchev–Trinajstić information content (AvgIpc) is 2.63. The summed E-state index contributed by atoms with van der Waals surface area (Å²) < 4.78 is 24.4. The Labute approximate surface area is 154 Å². The van der Waals surface area contributed by atoms with E-state index in [2.05, 4.69) is 0 Å². The van der Waals surface area contributed by atoms with Crippen LogP contribution in [0.2, 0.25) is 0 Å². The van der Waals surface area contributed by atoms with E-state index in [4.69, 9.17) is 9.47 Å². The second kappa shape index (κ2) is 9.80. The van der Waals surface area contributed by atoms with Crippen molar-refractivity contribution in [3.05, 3.63) is 59.4 Å². The summed E-state index contributed by atoms with van der Waals surface area (Å²) in [6, 6.07) is 12.2. The van der Waals surface area contributed by atoms with Crippen LogP contribution in [0.15, 0.2) is 42.5 Å². The largest absolute Gasteiger partial charge is 0.493 e. The van der Waals surface area contributed by atoms with Crippen molar-refractivity contribution < 1.29 is 18.7 Å². The number of aryl methyl sites for hydroxylation is 1. The first-order chi connectivity index (χ1) is 12.5. The van der Waals surface area contributed by atoms with Gasteiger partial charge in [-0.3, -0.25) is 4.79 Å². The Morgan fingerprint density at radius 3 is 2.54 bits per heavy atom. The van der Waals surface area contributed by atoms with Crippen LogP contribution in [0.4, 0.5) is 4.39 Å². The van der Waals surface area contributed by atoms with Gasteiger partial charge in [0.15, 0.2) is 11.5 Å². The standard InChI is InChI=1S/C21H26FNO3/c1-23(2)21(24)10-5-4-7-16-11-12-19(20(14-16)25-3)26-15-17-8-6-9-18(22)13-17/h6,8-9,11-14H,4-5,7,10,15H2,1-3H3. The van der Waals surface area contributed by atoms with Crippen molar-refractivity contribution in [2.45, 2.75) is 32.3 Å². The molecule has 0 aromatic heterocycles. The lowest BCUT2D eigenvalue weighted by Gasteiger charge is -2.13. The van der Waals surface area contributed by atoms with E-state index in [1.807, 2.05) is 24.3 Å². The Morgan fingerprint density at radius 2 is 1.85 bits per heavy atom. The number of methoxy groups -OCH3 is 1. The van der Waals surface area contributed by atoms with E-state index in [0.717, 1.165) is 30.4 Å². The molecule has 0 heterocycles. The van der Waals surface area contributed by atoms with Gasteiger partial charge in [0.25, 0.3) is 0 Å². The highest BCUT2D eigenvalue weighted by Gasteiger charge is 2.08. The van der Waals surface area contributed by atoms with Gasteiger partial charge in [-0.2, -0.15) is 0 Å². The zero-order chi connectivity index (χ0) is 18.9. The smallest absolute Gasteiger partial charge is 0.222 e. The van der Waals surface area contributed by atoms with E-state index in [1.165, 1.54) is 12.1 Å². The van der Waals surface area contributed by atoms with E-state index in [0.29, 0.717) is 17.9 Å². The van der Waals surface area contributed by atoms with Crippen molar-refractivity contribution in [3.63, 3.8) is 0 Å². The number of halogens is 1. The fourth-order valence-electron chi connectivity index (χ4n) is 2.60. The molecular weight excluding hydrogens is 333 g/mol. The number of carbonyl (C=O) groups is 1. The Bertz CT molecular complexity index is 731. The van der Waals surface area contributed by atoms with E-state index in [1.54, 1.807) is 32.2 Å². The molecule has 5 heteroatoms. The maximum atomic E-state index is 13.2. The predicted molar refractivity (Wildman–Crippen MR) is 100.0 cm³/mol. The molecule has 0 N–H and O–H groups in total. The minimum atomic E-state index is -0.277. The van der Waals surface area contributed by atoms with Crippen molar-refractivity contribution in [1.29, 1.82) is 0 Å². The number of benzene rings is 2. The van der Waals surface area contributed by atoms with Gasteiger partial charge in [-0.15, -0.1) is 0 Å². The first kappa shape index (κ1) is 19.8. The highest BCUT2D eigenvalue weighted by Crippen LogP contribution is 2.29. The summed E-state index contributed by atoms with van der Waals surface area (Å²) in [7, 11) is 5.15. The number of ether oxygens (including phenoxy) is 2. The van der Waals surface area contributed by atoms with Gasteiger partial charge < -0.3 is 14.4 Å². The number of hydrogen-bond donors (Lipinski definition) is 0. The molecule has 0 aliphatic heterocycles. The Morgan fingerprint density at radius 1 is 1.04 bits per heavy atom. The van der Waals surface area contributed by atoms with Gasteiger partial charge in [0.05, 0.1) is 7.11 Å². The third kappa shape index (κ3) is 6.06. The number of carbonyl (C=O) groups excluding carboxylic acids is 1. The molecule has 0 aliphatic rings. The molecule has 0 saturated heterocycles. The second-order valence-corrected chi connectivity index (χ2v) is 6.40. The van der Waals surface area contributed by atoms with Gasteiger partial charge in [-0.05, 0) is 54.7 Å². The zero-order valence-electron chi connectivity index (χ0n) is 15.6. The van der Waals surface area contributed by atoms with Crippen molar-refractivity contribution >= 4 is 5.91 Å². The molecule has 1 amide bonds. The minimum absolute atomic E-state index is 0.156. The van der Waals surface area contributed by atoms with E-state index >= 15 is 0 Å². The molecule has 0 aliphatic carbocycles. The third-order valence-corrected chi connectivity index (χ3v) is 4.12. The predicted octanol–water partition coefficient (Wildman–Crippen LogP) is 4.21. The normalized spacial score (nSPS) is 10.5. The second-order valence-electron chi connectivity index (χ2n) is 6.40. The van der Waals surface area contributed by atoms with Crippen LogP contribution in [-0.4, -0.2) is 32.0 Å². The first-order valence-corrected chi connectivity index (χ1v) is 8.74. The van der Waals surface area contributed by atoms with Gasteiger partial charge in [-0.25, -0.2) is 4.39 Å². The monoisotopic (exact) mass is 359 g/mol. The molecule has 0 saturated carbocycles. The van der Waals surface area contributed by atoms with Gasteiger partial charge in [-0.1, -0.05) is 18.2 Å². The van der Waals surface area contributed by atoms with Crippen LogP contribution in [0, 0.1) is 5.82 Å². The quantitative estimate of drug-likeness (QED) is 0.630. The Kier molecular flexibility index (Phi) is 7.45. The summed E-state index contributed by atoms with van der Waals surface area (Å²) >= 11 is 0. The van der Waals surface area contributed by atoms with E-state index in [9.17, 15) is 9.18 Å². The highest BCUT2D eigenvalue weighted by molar-refractivity contribution is 5.75. The number of unbranched alkanes of at least 4 members (excludes halogenated alkanes) is 1.